The van der Waals surface area contributed by atoms with E-state index in [1.807, 2.05) is 60.7 Å². The summed E-state index contributed by atoms with van der Waals surface area (Å²) in [6, 6.07) is 22.3. The zero-order chi connectivity index (χ0) is 23.9. The van der Waals surface area contributed by atoms with Crippen LogP contribution in [0.3, 0.4) is 0 Å². The van der Waals surface area contributed by atoms with Gasteiger partial charge in [-0.1, -0.05) is 60.1 Å². The van der Waals surface area contributed by atoms with Crippen molar-refractivity contribution >= 4 is 39.7 Å². The molecule has 9 heteroatoms. The van der Waals surface area contributed by atoms with Crippen molar-refractivity contribution in [3.8, 4) is 22.8 Å². The van der Waals surface area contributed by atoms with Crippen molar-refractivity contribution in [3.63, 3.8) is 0 Å². The lowest BCUT2D eigenvalue weighted by Gasteiger charge is -2.14. The molecule has 2 N–H and O–H groups in total. The van der Waals surface area contributed by atoms with Crippen LogP contribution >= 0.6 is 27.5 Å². The number of hydrogen-bond donors (Lipinski definition) is 2. The third-order valence-corrected chi connectivity index (χ3v) is 5.81. The van der Waals surface area contributed by atoms with Crippen molar-refractivity contribution in [3.05, 3.63) is 99.1 Å². The van der Waals surface area contributed by atoms with E-state index in [0.29, 0.717) is 37.9 Å². The minimum Gasteiger partial charge on any atom is -0.493 e. The normalized spacial score (nSPS) is 10.9. The number of H-pyrrole nitrogens is 1. The van der Waals surface area contributed by atoms with Crippen molar-refractivity contribution in [2.24, 2.45) is 5.10 Å². The molecule has 34 heavy (non-hydrogen) atoms. The van der Waals surface area contributed by atoms with Crippen LogP contribution in [-0.4, -0.2) is 29.4 Å². The number of nitrogens with zero attached hydrogens (tertiary/aromatic N) is 2. The van der Waals surface area contributed by atoms with Crippen LogP contribution in [0.4, 0.5) is 0 Å². The van der Waals surface area contributed by atoms with Gasteiger partial charge in [-0.05, 0) is 45.8 Å². The van der Waals surface area contributed by atoms with Gasteiger partial charge in [-0.2, -0.15) is 10.2 Å². The molecule has 0 aliphatic rings. The Labute approximate surface area is 209 Å². The van der Waals surface area contributed by atoms with Crippen LogP contribution in [0.1, 0.15) is 21.6 Å². The molecule has 0 radical (unpaired) electrons. The highest BCUT2D eigenvalue weighted by molar-refractivity contribution is 9.10. The molecule has 1 aromatic heterocycles. The molecule has 0 saturated carbocycles. The number of nitrogens with one attached hydrogen (secondary N) is 2. The molecule has 1 amide bonds. The standard InChI is InChI=1S/C25H20BrClN4O3/c1-33-23-12-16(11-19(26)24(23)34-15-18-9-5-6-10-20(18)27)14-28-31-25(32)22-13-21(29-30-22)17-7-3-2-4-8-17/h2-14H,15H2,1H3,(H,29,30)(H,31,32)/b28-14-. The number of carbonyl (C=O) groups excluding carboxylic acids is 1. The largest absolute Gasteiger partial charge is 0.493 e. The van der Waals surface area contributed by atoms with E-state index in [1.165, 1.54) is 6.21 Å². The molecular weight excluding hydrogens is 520 g/mol. The molecule has 0 atom stereocenters. The Bertz CT molecular complexity index is 1330. The number of hydrazone groups is 1. The average molecular weight is 540 g/mol. The summed E-state index contributed by atoms with van der Waals surface area (Å²) in [5.74, 6) is 0.640. The lowest BCUT2D eigenvalue weighted by atomic mass is 10.1. The van der Waals surface area contributed by atoms with Crippen LogP contribution in [0.15, 0.2) is 82.4 Å². The Kier molecular flexibility index (Phi) is 7.61. The summed E-state index contributed by atoms with van der Waals surface area (Å²) in [5, 5.41) is 11.6. The lowest BCUT2D eigenvalue weighted by Crippen LogP contribution is -2.18. The fraction of sp³-hybridized carbons (Fsp3) is 0.0800. The number of hydrogen-bond acceptors (Lipinski definition) is 5. The Hall–Kier alpha value is -3.62. The summed E-state index contributed by atoms with van der Waals surface area (Å²) in [6.45, 7) is 0.285. The van der Waals surface area contributed by atoms with Crippen LogP contribution in [-0.2, 0) is 6.61 Å². The number of rotatable bonds is 8. The van der Waals surface area contributed by atoms with Gasteiger partial charge in [-0.15, -0.1) is 0 Å². The van der Waals surface area contributed by atoms with Crippen LogP contribution in [0.25, 0.3) is 11.3 Å². The van der Waals surface area contributed by atoms with Crippen molar-refractivity contribution in [2.75, 3.05) is 7.11 Å². The minimum atomic E-state index is -0.406. The van der Waals surface area contributed by atoms with E-state index >= 15 is 0 Å². The quantitative estimate of drug-likeness (QED) is 0.217. The predicted molar refractivity (Wildman–Crippen MR) is 136 cm³/mol. The molecular formula is C25H20BrClN4O3. The van der Waals surface area contributed by atoms with Gasteiger partial charge < -0.3 is 9.47 Å². The van der Waals surface area contributed by atoms with Crippen LogP contribution < -0.4 is 14.9 Å². The molecule has 0 fully saturated rings. The first-order chi connectivity index (χ1) is 16.5. The highest BCUT2D eigenvalue weighted by atomic mass is 79.9. The highest BCUT2D eigenvalue weighted by Gasteiger charge is 2.13. The zero-order valence-corrected chi connectivity index (χ0v) is 20.4. The number of benzene rings is 3. The molecule has 4 aromatic rings. The molecule has 0 saturated heterocycles. The molecule has 0 aliphatic heterocycles. The number of aromatic nitrogens is 2. The van der Waals surface area contributed by atoms with Crippen molar-refractivity contribution < 1.29 is 14.3 Å². The maximum Gasteiger partial charge on any atom is 0.289 e. The van der Waals surface area contributed by atoms with E-state index in [-0.39, 0.29) is 6.61 Å². The predicted octanol–water partition coefficient (Wildman–Crippen LogP) is 5.84. The molecule has 7 nitrogen and oxygen atoms in total. The van der Waals surface area contributed by atoms with Gasteiger partial charge in [-0.25, -0.2) is 5.43 Å². The lowest BCUT2D eigenvalue weighted by molar-refractivity contribution is 0.0950. The van der Waals surface area contributed by atoms with Gasteiger partial charge in [0.2, 0.25) is 0 Å². The van der Waals surface area contributed by atoms with Gasteiger partial charge in [0.15, 0.2) is 11.5 Å². The molecule has 1 heterocycles. The second-order valence-corrected chi connectivity index (χ2v) is 8.41. The maximum atomic E-state index is 12.4. The van der Waals surface area contributed by atoms with Crippen molar-refractivity contribution in [1.29, 1.82) is 0 Å². The summed E-state index contributed by atoms with van der Waals surface area (Å²) in [5.41, 5.74) is 5.95. The summed E-state index contributed by atoms with van der Waals surface area (Å²) in [7, 11) is 1.55. The molecule has 172 valence electrons. The van der Waals surface area contributed by atoms with Crippen LogP contribution in [0.5, 0.6) is 11.5 Å². The van der Waals surface area contributed by atoms with Gasteiger partial charge in [-0.3, -0.25) is 9.89 Å². The minimum absolute atomic E-state index is 0.285. The van der Waals surface area contributed by atoms with E-state index in [1.54, 1.807) is 19.2 Å². The molecule has 0 unspecified atom stereocenters. The van der Waals surface area contributed by atoms with Gasteiger partial charge in [0.1, 0.15) is 12.3 Å². The summed E-state index contributed by atoms with van der Waals surface area (Å²) in [4.78, 5) is 12.4. The third-order valence-electron chi connectivity index (χ3n) is 4.85. The van der Waals surface area contributed by atoms with E-state index in [2.05, 4.69) is 36.7 Å². The second kappa shape index (κ2) is 11.0. The SMILES string of the molecule is COc1cc(/C=N\NC(=O)c2cc(-c3ccccc3)n[nH]2)cc(Br)c1OCc1ccccc1Cl. The number of carbonyl (C=O) groups is 1. The number of amides is 1. The molecule has 3 aromatic carbocycles. The number of methoxy groups -OCH3 is 1. The fourth-order valence-electron chi connectivity index (χ4n) is 3.14. The summed E-state index contributed by atoms with van der Waals surface area (Å²) < 4.78 is 12.1. The Morgan fingerprint density at radius 1 is 1.15 bits per heavy atom. The Balaban J connectivity index is 1.42. The first kappa shape index (κ1) is 23.5. The first-order valence-corrected chi connectivity index (χ1v) is 11.4. The van der Waals surface area contributed by atoms with Gasteiger partial charge in [0.25, 0.3) is 5.91 Å². The second-order valence-electron chi connectivity index (χ2n) is 7.15. The topological polar surface area (TPSA) is 88.6 Å². The number of aromatic amines is 1. The summed E-state index contributed by atoms with van der Waals surface area (Å²) in [6.07, 6.45) is 1.51. The molecule has 4 rings (SSSR count). The van der Waals surface area contributed by atoms with E-state index < -0.39 is 5.91 Å². The highest BCUT2D eigenvalue weighted by Crippen LogP contribution is 2.37. The molecule has 0 bridgehead atoms. The number of ether oxygens (including phenoxy) is 2. The first-order valence-electron chi connectivity index (χ1n) is 10.2. The van der Waals surface area contributed by atoms with Crippen LogP contribution in [0, 0.1) is 0 Å². The van der Waals surface area contributed by atoms with E-state index in [9.17, 15) is 4.79 Å². The van der Waals surface area contributed by atoms with Crippen LogP contribution in [0.2, 0.25) is 5.02 Å². The third kappa shape index (κ3) is 5.65. The maximum absolute atomic E-state index is 12.4. The van der Waals surface area contributed by atoms with Crippen molar-refractivity contribution in [2.45, 2.75) is 6.61 Å². The Morgan fingerprint density at radius 3 is 2.68 bits per heavy atom. The summed E-state index contributed by atoms with van der Waals surface area (Å²) >= 11 is 9.72. The average Bonchev–Trinajstić information content (AvgIpc) is 3.35. The van der Waals surface area contributed by atoms with Gasteiger partial charge in [0, 0.05) is 16.1 Å². The van der Waals surface area contributed by atoms with E-state index in [4.69, 9.17) is 21.1 Å². The van der Waals surface area contributed by atoms with E-state index in [0.717, 1.165) is 11.1 Å². The number of halogens is 2. The monoisotopic (exact) mass is 538 g/mol. The van der Waals surface area contributed by atoms with Crippen molar-refractivity contribution in [1.82, 2.24) is 15.6 Å². The molecule has 0 aliphatic carbocycles. The molecule has 0 spiro atoms. The Morgan fingerprint density at radius 2 is 1.91 bits per heavy atom. The van der Waals surface area contributed by atoms with Gasteiger partial charge >= 0.3 is 0 Å². The zero-order valence-electron chi connectivity index (χ0n) is 18.1. The fourth-order valence-corrected chi connectivity index (χ4v) is 3.90. The van der Waals surface area contributed by atoms with Gasteiger partial charge in [0.05, 0.1) is 23.5 Å². The smallest absolute Gasteiger partial charge is 0.289 e.